The monoisotopic (exact) mass is 462 g/mol. The van der Waals surface area contributed by atoms with Gasteiger partial charge in [0, 0.05) is 23.3 Å². The first kappa shape index (κ1) is 20.8. The Labute approximate surface area is 196 Å². The van der Waals surface area contributed by atoms with E-state index < -0.39 is 6.04 Å². The maximum atomic E-state index is 13.9. The Bertz CT molecular complexity index is 1250. The number of ketones is 1. The first-order valence-corrected chi connectivity index (χ1v) is 11.3. The van der Waals surface area contributed by atoms with Gasteiger partial charge in [0.05, 0.1) is 27.5 Å². The summed E-state index contributed by atoms with van der Waals surface area (Å²) in [5.74, 6) is -0.156. The minimum Gasteiger partial charge on any atom is -0.357 e. The second kappa shape index (κ2) is 8.45. The number of nitrogens with one attached hydrogen (secondary N) is 1. The van der Waals surface area contributed by atoms with Gasteiger partial charge in [0.15, 0.2) is 5.78 Å². The van der Waals surface area contributed by atoms with Gasteiger partial charge in [0.25, 0.3) is 5.91 Å². The molecule has 0 unspecified atom stereocenters. The van der Waals surface area contributed by atoms with Crippen LogP contribution in [0.4, 0.5) is 11.4 Å². The number of halogens is 2. The van der Waals surface area contributed by atoms with Crippen LogP contribution in [0.5, 0.6) is 0 Å². The molecule has 160 valence electrons. The summed E-state index contributed by atoms with van der Waals surface area (Å²) in [6, 6.07) is 21.4. The normalized spacial score (nSPS) is 17.9. The summed E-state index contributed by atoms with van der Waals surface area (Å²) >= 11 is 12.6. The van der Waals surface area contributed by atoms with Gasteiger partial charge in [-0.05, 0) is 54.8 Å². The minimum absolute atomic E-state index is 0.0356. The number of carbonyl (C=O) groups is 2. The molecule has 3 aromatic rings. The number of hydrogen-bond donors (Lipinski definition) is 1. The molecule has 1 aliphatic carbocycles. The highest BCUT2D eigenvalue weighted by atomic mass is 35.5. The molecule has 4 nitrogen and oxygen atoms in total. The lowest BCUT2D eigenvalue weighted by molar-refractivity contribution is -0.116. The van der Waals surface area contributed by atoms with Crippen molar-refractivity contribution in [3.8, 4) is 0 Å². The summed E-state index contributed by atoms with van der Waals surface area (Å²) in [5.41, 5.74) is 4.24. The fraction of sp³-hybridized carbons (Fsp3) is 0.154. The highest BCUT2D eigenvalue weighted by Crippen LogP contribution is 2.46. The van der Waals surface area contributed by atoms with E-state index in [-0.39, 0.29) is 11.7 Å². The number of Topliss-reactive ketones (excluding diaryl/α,β-unsaturated/α-hetero) is 1. The quantitative estimate of drug-likeness (QED) is 0.454. The third-order valence-electron chi connectivity index (χ3n) is 5.94. The highest BCUT2D eigenvalue weighted by molar-refractivity contribution is 6.42. The Morgan fingerprint density at radius 1 is 0.906 bits per heavy atom. The third kappa shape index (κ3) is 3.60. The number of rotatable bonds is 2. The van der Waals surface area contributed by atoms with Crippen molar-refractivity contribution >= 4 is 46.3 Å². The Kier molecular flexibility index (Phi) is 5.50. The summed E-state index contributed by atoms with van der Waals surface area (Å²) in [6.07, 6.45) is 1.95. The van der Waals surface area contributed by atoms with Crippen LogP contribution in [0.3, 0.4) is 0 Å². The molecule has 0 bridgehead atoms. The first-order valence-electron chi connectivity index (χ1n) is 10.5. The molecule has 2 aliphatic rings. The minimum atomic E-state index is -0.628. The lowest BCUT2D eigenvalue weighted by Crippen LogP contribution is -2.38. The van der Waals surface area contributed by atoms with Gasteiger partial charge in [0.2, 0.25) is 0 Å². The smallest absolute Gasteiger partial charge is 0.259 e. The summed E-state index contributed by atoms with van der Waals surface area (Å²) in [5, 5.41) is 4.27. The van der Waals surface area contributed by atoms with Gasteiger partial charge in [-0.1, -0.05) is 59.6 Å². The van der Waals surface area contributed by atoms with E-state index in [4.69, 9.17) is 23.2 Å². The van der Waals surface area contributed by atoms with E-state index in [1.165, 1.54) is 0 Å². The van der Waals surface area contributed by atoms with Crippen molar-refractivity contribution in [3.63, 3.8) is 0 Å². The molecule has 0 saturated heterocycles. The van der Waals surface area contributed by atoms with Gasteiger partial charge in [-0.3, -0.25) is 14.5 Å². The number of allylic oxidation sites excluding steroid dienone is 1. The van der Waals surface area contributed by atoms with Gasteiger partial charge in [-0.2, -0.15) is 0 Å². The molecule has 1 atom stereocenters. The highest BCUT2D eigenvalue weighted by Gasteiger charge is 2.39. The lowest BCUT2D eigenvalue weighted by Gasteiger charge is -2.34. The molecule has 0 radical (unpaired) electrons. The summed E-state index contributed by atoms with van der Waals surface area (Å²) < 4.78 is 0. The number of anilines is 2. The SMILES string of the molecule is O=C1CCCC2=C1[C@H](c1ccc(Cl)c(Cl)c1)N(C(=O)c1ccccc1)c1ccccc1N2. The van der Waals surface area contributed by atoms with Crippen molar-refractivity contribution in [1.82, 2.24) is 0 Å². The fourth-order valence-electron chi connectivity index (χ4n) is 4.48. The number of nitrogens with zero attached hydrogens (tertiary/aromatic N) is 1. The van der Waals surface area contributed by atoms with E-state index in [1.807, 2.05) is 48.5 Å². The molecule has 32 heavy (non-hydrogen) atoms. The van der Waals surface area contributed by atoms with E-state index in [1.54, 1.807) is 29.2 Å². The van der Waals surface area contributed by atoms with Crippen LogP contribution in [0.2, 0.25) is 10.0 Å². The number of hydrogen-bond acceptors (Lipinski definition) is 3. The van der Waals surface area contributed by atoms with Crippen LogP contribution in [0.1, 0.15) is 41.2 Å². The molecule has 1 N–H and O–H groups in total. The number of fused-ring (bicyclic) bond motifs is 1. The molecule has 0 aromatic heterocycles. The van der Waals surface area contributed by atoms with Crippen LogP contribution in [-0.4, -0.2) is 11.7 Å². The first-order chi connectivity index (χ1) is 15.5. The van der Waals surface area contributed by atoms with Crippen LogP contribution in [-0.2, 0) is 4.79 Å². The van der Waals surface area contributed by atoms with Crippen molar-refractivity contribution in [2.45, 2.75) is 25.3 Å². The van der Waals surface area contributed by atoms with Crippen molar-refractivity contribution < 1.29 is 9.59 Å². The van der Waals surface area contributed by atoms with Crippen LogP contribution < -0.4 is 10.2 Å². The Morgan fingerprint density at radius 3 is 2.44 bits per heavy atom. The van der Waals surface area contributed by atoms with Crippen LogP contribution in [0, 0.1) is 0 Å². The van der Waals surface area contributed by atoms with Crippen molar-refractivity contribution in [2.75, 3.05) is 10.2 Å². The van der Waals surface area contributed by atoms with Gasteiger partial charge in [-0.15, -0.1) is 0 Å². The predicted molar refractivity (Wildman–Crippen MR) is 128 cm³/mol. The molecule has 0 fully saturated rings. The molecule has 5 rings (SSSR count). The molecular weight excluding hydrogens is 443 g/mol. The number of amides is 1. The number of benzene rings is 3. The van der Waals surface area contributed by atoms with E-state index in [2.05, 4.69) is 5.32 Å². The van der Waals surface area contributed by atoms with E-state index >= 15 is 0 Å². The molecule has 3 aromatic carbocycles. The molecule has 1 amide bonds. The number of carbonyl (C=O) groups excluding carboxylic acids is 2. The zero-order chi connectivity index (χ0) is 22.2. The second-order valence-electron chi connectivity index (χ2n) is 7.93. The fourth-order valence-corrected chi connectivity index (χ4v) is 4.78. The predicted octanol–water partition coefficient (Wildman–Crippen LogP) is 6.81. The summed E-state index contributed by atoms with van der Waals surface area (Å²) in [7, 11) is 0. The van der Waals surface area contributed by atoms with E-state index in [0.29, 0.717) is 33.3 Å². The molecule has 0 saturated carbocycles. The van der Waals surface area contributed by atoms with E-state index in [0.717, 1.165) is 29.8 Å². The summed E-state index contributed by atoms with van der Waals surface area (Å²) in [4.78, 5) is 28.9. The maximum absolute atomic E-state index is 13.9. The van der Waals surface area contributed by atoms with Crippen molar-refractivity contribution in [1.29, 1.82) is 0 Å². The zero-order valence-electron chi connectivity index (χ0n) is 17.1. The van der Waals surface area contributed by atoms with Gasteiger partial charge in [-0.25, -0.2) is 0 Å². The van der Waals surface area contributed by atoms with Gasteiger partial charge >= 0.3 is 0 Å². The topological polar surface area (TPSA) is 49.4 Å². The lowest BCUT2D eigenvalue weighted by atomic mass is 9.85. The van der Waals surface area contributed by atoms with Crippen molar-refractivity contribution in [3.05, 3.63) is 105 Å². The van der Waals surface area contributed by atoms with E-state index in [9.17, 15) is 9.59 Å². The maximum Gasteiger partial charge on any atom is 0.259 e. The molecule has 1 heterocycles. The standard InChI is InChI=1S/C26H20Cl2N2O2/c27-18-14-13-17(15-19(18)28)25-24-21(10-6-12-23(24)31)29-20-9-4-5-11-22(20)30(25)26(32)16-7-2-1-3-8-16/h1-5,7-9,11,13-15,25,29H,6,10,12H2/t25-/m0/s1. The van der Waals surface area contributed by atoms with Crippen LogP contribution in [0.25, 0.3) is 0 Å². The van der Waals surface area contributed by atoms with Crippen LogP contribution in [0.15, 0.2) is 84.1 Å². The molecule has 6 heteroatoms. The molecule has 1 aliphatic heterocycles. The van der Waals surface area contributed by atoms with Gasteiger partial charge in [0.1, 0.15) is 0 Å². The average Bonchev–Trinajstić information content (AvgIpc) is 2.96. The Hall–Kier alpha value is -3.08. The Balaban J connectivity index is 1.80. The third-order valence-corrected chi connectivity index (χ3v) is 6.67. The second-order valence-corrected chi connectivity index (χ2v) is 8.74. The van der Waals surface area contributed by atoms with Crippen LogP contribution >= 0.6 is 23.2 Å². The van der Waals surface area contributed by atoms with Crippen molar-refractivity contribution in [2.24, 2.45) is 0 Å². The molecule has 0 spiro atoms. The summed E-state index contributed by atoms with van der Waals surface area (Å²) in [6.45, 7) is 0. The number of para-hydroxylation sites is 2. The molecular formula is C26H20Cl2N2O2. The zero-order valence-corrected chi connectivity index (χ0v) is 18.7. The average molecular weight is 463 g/mol. The largest absolute Gasteiger partial charge is 0.357 e. The Morgan fingerprint density at radius 2 is 1.66 bits per heavy atom. The van der Waals surface area contributed by atoms with Gasteiger partial charge < -0.3 is 5.32 Å².